The average molecular weight is 917 g/mol. The predicted octanol–water partition coefficient (Wildman–Crippen LogP) is 9.48. The molecule has 5 aromatic carbocycles. The zero-order valence-corrected chi connectivity index (χ0v) is 39.2. The van der Waals surface area contributed by atoms with Gasteiger partial charge in [-0.15, -0.1) is 0 Å². The van der Waals surface area contributed by atoms with Gasteiger partial charge < -0.3 is 52.8 Å². The van der Waals surface area contributed by atoms with Gasteiger partial charge in [0.05, 0.1) is 58.5 Å². The van der Waals surface area contributed by atoms with Crippen LogP contribution in [0, 0.1) is 5.92 Å². The highest BCUT2D eigenvalue weighted by atomic mass is 16.7. The fraction of sp³-hybridized carbons (Fsp3) is 0.429. The Morgan fingerprint density at radius 1 is 0.567 bits per heavy atom. The van der Waals surface area contributed by atoms with Gasteiger partial charge in [-0.3, -0.25) is 0 Å². The maximum Gasteiger partial charge on any atom is 0.201 e. The van der Waals surface area contributed by atoms with Crippen LogP contribution in [0.1, 0.15) is 68.4 Å². The molecule has 0 spiro atoms. The van der Waals surface area contributed by atoms with E-state index in [0.29, 0.717) is 38.4 Å². The third-order valence-corrected chi connectivity index (χ3v) is 11.9. The minimum atomic E-state index is -1.48. The first-order valence-corrected chi connectivity index (χ1v) is 23.6. The van der Waals surface area contributed by atoms with Gasteiger partial charge in [-0.1, -0.05) is 159 Å². The van der Waals surface area contributed by atoms with E-state index in [-0.39, 0.29) is 32.3 Å². The van der Waals surface area contributed by atoms with Crippen LogP contribution in [0.2, 0.25) is 0 Å². The fourth-order valence-corrected chi connectivity index (χ4v) is 8.48. The molecule has 2 aliphatic heterocycles. The van der Waals surface area contributed by atoms with Gasteiger partial charge in [0.15, 0.2) is 6.29 Å². The topological polar surface area (TPSA) is 124 Å². The Kier molecular flexibility index (Phi) is 19.1. The van der Waals surface area contributed by atoms with E-state index in [4.69, 9.17) is 42.6 Å². The lowest BCUT2D eigenvalue weighted by atomic mass is 9.88. The van der Waals surface area contributed by atoms with Gasteiger partial charge in [0.1, 0.15) is 42.4 Å². The molecule has 2 saturated heterocycles. The molecular weight excluding hydrogens is 849 g/mol. The van der Waals surface area contributed by atoms with Crippen LogP contribution in [0.4, 0.5) is 0 Å². The average Bonchev–Trinajstić information content (AvgIpc) is 3.34. The molecule has 2 fully saturated rings. The fourth-order valence-electron chi connectivity index (χ4n) is 8.48. The second kappa shape index (κ2) is 25.6. The van der Waals surface area contributed by atoms with Crippen molar-refractivity contribution in [3.63, 3.8) is 0 Å². The first kappa shape index (κ1) is 50.1. The lowest BCUT2D eigenvalue weighted by Crippen LogP contribution is -2.62. The van der Waals surface area contributed by atoms with E-state index in [1.54, 1.807) is 26.8 Å². The number of ether oxygens (including phenoxy) is 9. The van der Waals surface area contributed by atoms with Crippen molar-refractivity contribution in [1.82, 2.24) is 0 Å². The first-order valence-electron chi connectivity index (χ1n) is 23.6. The van der Waals surface area contributed by atoms with Crippen molar-refractivity contribution in [2.75, 3.05) is 13.2 Å². The van der Waals surface area contributed by atoms with Crippen LogP contribution in [0.25, 0.3) is 0 Å². The third-order valence-electron chi connectivity index (χ3n) is 11.9. The van der Waals surface area contributed by atoms with Crippen LogP contribution in [-0.4, -0.2) is 84.3 Å². The molecule has 0 radical (unpaired) electrons. The zero-order chi connectivity index (χ0) is 46.9. The van der Waals surface area contributed by atoms with E-state index >= 15 is 0 Å². The standard InChI is InChI=1S/C56H68O11/c1-5-46(47(31-40(2)57)67-56(3,4)58)32-48-51(62-35-43-25-15-8-16-26-43)53(50(38-61-48)60-34-42-23-13-7-14-24-42)66-55-54(64-37-45-29-19-10-20-30-45)52(63-36-44-27-17-9-18-28-44)49(39-65-55)59-33-41-21-11-6-12-22-41/h6-31,40,46,48-55,57-58H,5,32-39H2,1-4H3/b47-31+/t40-,46+,48-,49+,50+,51?,52?,53?,54?,55-/m0/s1. The Labute approximate surface area is 396 Å². The van der Waals surface area contributed by atoms with Gasteiger partial charge in [-0.25, -0.2) is 0 Å². The molecule has 2 heterocycles. The van der Waals surface area contributed by atoms with Gasteiger partial charge in [0.2, 0.25) is 5.79 Å². The van der Waals surface area contributed by atoms with Crippen LogP contribution >= 0.6 is 0 Å². The smallest absolute Gasteiger partial charge is 0.201 e. The molecular formula is C56H68O11. The van der Waals surface area contributed by atoms with Crippen molar-refractivity contribution in [2.24, 2.45) is 5.92 Å². The number of hydrogen-bond donors (Lipinski definition) is 2. The van der Waals surface area contributed by atoms with Gasteiger partial charge in [0, 0.05) is 19.8 Å². The highest BCUT2D eigenvalue weighted by Gasteiger charge is 2.50. The molecule has 4 unspecified atom stereocenters. The summed E-state index contributed by atoms with van der Waals surface area (Å²) >= 11 is 0. The molecule has 11 nitrogen and oxygen atoms in total. The SMILES string of the molecule is CC[C@H](C[C@@H]1OC[C@@H](OCc2ccccc2)C(O[C@@H]2OC[C@@H](OCc3ccccc3)C(OCc3ccccc3)C2OCc2ccccc2)C1OCc1ccccc1)/C(=C\[C@H](C)O)OC(C)(C)O. The largest absolute Gasteiger partial charge is 0.467 e. The van der Waals surface area contributed by atoms with E-state index in [1.165, 1.54) is 0 Å². The molecule has 10 atom stereocenters. The van der Waals surface area contributed by atoms with Crippen molar-refractivity contribution < 1.29 is 52.8 Å². The highest BCUT2D eigenvalue weighted by Crippen LogP contribution is 2.36. The van der Waals surface area contributed by atoms with Gasteiger partial charge in [0.25, 0.3) is 0 Å². The molecule has 2 aliphatic rings. The van der Waals surface area contributed by atoms with Crippen LogP contribution in [0.3, 0.4) is 0 Å². The lowest BCUT2D eigenvalue weighted by molar-refractivity contribution is -0.338. The Balaban J connectivity index is 1.25. The van der Waals surface area contributed by atoms with Crippen molar-refractivity contribution in [3.05, 3.63) is 191 Å². The summed E-state index contributed by atoms with van der Waals surface area (Å²) in [7, 11) is 0. The minimum absolute atomic E-state index is 0.166. The molecule has 0 aromatic heterocycles. The van der Waals surface area contributed by atoms with Crippen molar-refractivity contribution >= 4 is 0 Å². The summed E-state index contributed by atoms with van der Waals surface area (Å²) in [5.74, 6) is -1.27. The lowest BCUT2D eigenvalue weighted by Gasteiger charge is -2.47. The second-order valence-electron chi connectivity index (χ2n) is 17.8. The normalized spacial score (nSPS) is 24.5. The number of hydrogen-bond acceptors (Lipinski definition) is 11. The molecule has 0 aliphatic carbocycles. The second-order valence-corrected chi connectivity index (χ2v) is 17.8. The van der Waals surface area contributed by atoms with Crippen LogP contribution in [0.5, 0.6) is 0 Å². The van der Waals surface area contributed by atoms with E-state index in [0.717, 1.165) is 27.8 Å². The van der Waals surface area contributed by atoms with Gasteiger partial charge >= 0.3 is 0 Å². The van der Waals surface area contributed by atoms with E-state index in [9.17, 15) is 10.2 Å². The van der Waals surface area contributed by atoms with E-state index in [1.807, 2.05) is 159 Å². The highest BCUT2D eigenvalue weighted by molar-refractivity contribution is 5.17. The summed E-state index contributed by atoms with van der Waals surface area (Å²) < 4.78 is 61.2. The summed E-state index contributed by atoms with van der Waals surface area (Å²) in [6, 6.07) is 50.1. The Morgan fingerprint density at radius 2 is 0.955 bits per heavy atom. The summed E-state index contributed by atoms with van der Waals surface area (Å²) in [4.78, 5) is 0. The number of benzene rings is 5. The van der Waals surface area contributed by atoms with E-state index in [2.05, 4.69) is 0 Å². The zero-order valence-electron chi connectivity index (χ0n) is 39.2. The van der Waals surface area contributed by atoms with Gasteiger partial charge in [-0.05, 0) is 53.7 Å². The van der Waals surface area contributed by atoms with Crippen molar-refractivity contribution in [3.8, 4) is 0 Å². The summed E-state index contributed by atoms with van der Waals surface area (Å²) in [6.45, 7) is 8.71. The molecule has 67 heavy (non-hydrogen) atoms. The van der Waals surface area contributed by atoms with Crippen LogP contribution in [-0.2, 0) is 75.7 Å². The van der Waals surface area contributed by atoms with Gasteiger partial charge in [-0.2, -0.15) is 0 Å². The maximum absolute atomic E-state index is 10.8. The van der Waals surface area contributed by atoms with Crippen LogP contribution in [0.15, 0.2) is 163 Å². The third kappa shape index (κ3) is 15.6. The molecule has 358 valence electrons. The van der Waals surface area contributed by atoms with Crippen LogP contribution < -0.4 is 0 Å². The molecule has 0 bridgehead atoms. The summed E-state index contributed by atoms with van der Waals surface area (Å²) in [6.07, 6.45) is -3.57. The molecule has 5 aromatic rings. The van der Waals surface area contributed by atoms with Crippen molar-refractivity contribution in [1.29, 1.82) is 0 Å². The first-order chi connectivity index (χ1) is 32.6. The number of aliphatic hydroxyl groups excluding tert-OH is 1. The predicted molar refractivity (Wildman–Crippen MR) is 255 cm³/mol. The molecule has 2 N–H and O–H groups in total. The monoisotopic (exact) mass is 916 g/mol. The number of aliphatic hydroxyl groups is 2. The number of rotatable bonds is 24. The number of allylic oxidation sites excluding steroid dienone is 1. The Hall–Kier alpha value is -4.76. The summed E-state index contributed by atoms with van der Waals surface area (Å²) in [5, 5.41) is 21.4. The maximum atomic E-state index is 10.8. The quantitative estimate of drug-likeness (QED) is 0.0455. The minimum Gasteiger partial charge on any atom is -0.467 e. The Bertz CT molecular complexity index is 2150. The molecule has 0 saturated carbocycles. The molecule has 7 rings (SSSR count). The Morgan fingerprint density at radius 3 is 1.37 bits per heavy atom. The van der Waals surface area contributed by atoms with E-state index < -0.39 is 60.9 Å². The van der Waals surface area contributed by atoms with Crippen molar-refractivity contribution in [2.45, 2.75) is 134 Å². The molecule has 11 heteroatoms. The molecule has 0 amide bonds. The summed E-state index contributed by atoms with van der Waals surface area (Å²) in [5.41, 5.74) is 4.99.